The van der Waals surface area contributed by atoms with E-state index < -0.39 is 0 Å². The molecule has 4 nitrogen and oxygen atoms in total. The van der Waals surface area contributed by atoms with Gasteiger partial charge in [0.25, 0.3) is 0 Å². The Morgan fingerprint density at radius 3 is 2.38 bits per heavy atom. The van der Waals surface area contributed by atoms with Gasteiger partial charge in [-0.25, -0.2) is 0 Å². The molecule has 5 heteroatoms. The Bertz CT molecular complexity index is 690. The fraction of sp³-hybridized carbons (Fsp3) is 0.368. The van der Waals surface area contributed by atoms with E-state index in [-0.39, 0.29) is 6.04 Å². The quantitative estimate of drug-likeness (QED) is 0.917. The Labute approximate surface area is 148 Å². The van der Waals surface area contributed by atoms with Gasteiger partial charge < -0.3 is 20.1 Å². The van der Waals surface area contributed by atoms with Gasteiger partial charge in [0.1, 0.15) is 0 Å². The van der Waals surface area contributed by atoms with Crippen molar-refractivity contribution in [3.05, 3.63) is 53.1 Å². The van der Waals surface area contributed by atoms with Crippen LogP contribution in [0.3, 0.4) is 0 Å². The lowest BCUT2D eigenvalue weighted by Gasteiger charge is -2.38. The highest BCUT2D eigenvalue weighted by Crippen LogP contribution is 2.35. The van der Waals surface area contributed by atoms with E-state index in [0.717, 1.165) is 41.7 Å². The van der Waals surface area contributed by atoms with Crippen molar-refractivity contribution in [3.63, 3.8) is 0 Å². The van der Waals surface area contributed by atoms with E-state index in [1.807, 2.05) is 24.3 Å². The molecule has 2 N–H and O–H groups in total. The number of ether oxygens (including phenoxy) is 2. The third-order valence-electron chi connectivity index (χ3n) is 4.56. The van der Waals surface area contributed by atoms with Crippen molar-refractivity contribution in [3.8, 4) is 11.5 Å². The summed E-state index contributed by atoms with van der Waals surface area (Å²) in [6, 6.07) is 14.2. The summed E-state index contributed by atoms with van der Waals surface area (Å²) in [6.45, 7) is 1.75. The largest absolute Gasteiger partial charge is 0.493 e. The zero-order valence-electron chi connectivity index (χ0n) is 14.0. The maximum absolute atomic E-state index is 6.32. The minimum atomic E-state index is 0.132. The highest BCUT2D eigenvalue weighted by atomic mass is 35.5. The molecule has 1 fully saturated rings. The summed E-state index contributed by atoms with van der Waals surface area (Å²) in [4.78, 5) is 2.31. The lowest BCUT2D eigenvalue weighted by atomic mass is 9.88. The van der Waals surface area contributed by atoms with Crippen LogP contribution in [-0.2, 0) is 0 Å². The first-order chi connectivity index (χ1) is 11.6. The first-order valence-electron chi connectivity index (χ1n) is 8.08. The first kappa shape index (κ1) is 16.9. The molecule has 0 bridgehead atoms. The second-order valence-electron chi connectivity index (χ2n) is 6.19. The van der Waals surface area contributed by atoms with Gasteiger partial charge in [-0.2, -0.15) is 0 Å². The third kappa shape index (κ3) is 3.60. The van der Waals surface area contributed by atoms with Crippen LogP contribution < -0.4 is 20.1 Å². The number of piperidine rings is 1. The average molecular weight is 347 g/mol. The second-order valence-corrected chi connectivity index (χ2v) is 6.62. The van der Waals surface area contributed by atoms with Crippen LogP contribution in [0, 0.1) is 0 Å². The molecule has 1 aliphatic heterocycles. The van der Waals surface area contributed by atoms with Crippen molar-refractivity contribution < 1.29 is 9.47 Å². The Morgan fingerprint density at radius 2 is 1.71 bits per heavy atom. The zero-order valence-corrected chi connectivity index (χ0v) is 14.8. The van der Waals surface area contributed by atoms with Gasteiger partial charge in [0.2, 0.25) is 0 Å². The topological polar surface area (TPSA) is 47.7 Å². The van der Waals surface area contributed by atoms with Crippen molar-refractivity contribution in [2.45, 2.75) is 18.4 Å². The molecule has 24 heavy (non-hydrogen) atoms. The number of nitrogens with zero attached hydrogens (tertiary/aromatic N) is 1. The molecule has 1 aliphatic rings. The van der Waals surface area contributed by atoms with Gasteiger partial charge in [0, 0.05) is 41.8 Å². The molecule has 2 unspecified atom stereocenters. The molecular formula is C19H23ClN2O2. The van der Waals surface area contributed by atoms with Crippen molar-refractivity contribution in [2.75, 3.05) is 32.2 Å². The van der Waals surface area contributed by atoms with E-state index in [2.05, 4.69) is 23.1 Å². The molecule has 0 spiro atoms. The average Bonchev–Trinajstić information content (AvgIpc) is 2.61. The predicted octanol–water partition coefficient (Wildman–Crippen LogP) is 3.68. The van der Waals surface area contributed by atoms with Crippen molar-refractivity contribution >= 4 is 17.3 Å². The number of hydrogen-bond acceptors (Lipinski definition) is 4. The molecule has 0 radical (unpaired) electrons. The molecular weight excluding hydrogens is 324 g/mol. The molecule has 0 aromatic heterocycles. The lowest BCUT2D eigenvalue weighted by molar-refractivity contribution is 0.354. The van der Waals surface area contributed by atoms with Crippen LogP contribution in [0.25, 0.3) is 0 Å². The molecule has 2 atom stereocenters. The molecule has 1 saturated heterocycles. The highest BCUT2D eigenvalue weighted by Gasteiger charge is 2.27. The Hall–Kier alpha value is -1.91. The van der Waals surface area contributed by atoms with Crippen molar-refractivity contribution in [2.24, 2.45) is 5.73 Å². The second kappa shape index (κ2) is 7.32. The Morgan fingerprint density at radius 1 is 1.00 bits per heavy atom. The van der Waals surface area contributed by atoms with Gasteiger partial charge in [-0.1, -0.05) is 23.7 Å². The minimum absolute atomic E-state index is 0.132. The van der Waals surface area contributed by atoms with Crippen LogP contribution in [0.4, 0.5) is 5.69 Å². The van der Waals surface area contributed by atoms with Crippen LogP contribution in [0.1, 0.15) is 17.9 Å². The smallest absolute Gasteiger partial charge is 0.162 e. The maximum Gasteiger partial charge on any atom is 0.162 e. The molecule has 0 aliphatic carbocycles. The van der Waals surface area contributed by atoms with Crippen LogP contribution in [0.2, 0.25) is 5.02 Å². The Kier molecular flexibility index (Phi) is 5.17. The number of anilines is 1. The normalized spacial score (nSPS) is 20.8. The molecule has 2 aromatic carbocycles. The molecule has 0 amide bonds. The van der Waals surface area contributed by atoms with Crippen LogP contribution in [0.5, 0.6) is 11.5 Å². The van der Waals surface area contributed by atoms with Gasteiger partial charge in [0.15, 0.2) is 11.5 Å². The summed E-state index contributed by atoms with van der Waals surface area (Å²) < 4.78 is 10.7. The maximum atomic E-state index is 6.32. The number of methoxy groups -OCH3 is 2. The highest BCUT2D eigenvalue weighted by molar-refractivity contribution is 6.30. The van der Waals surface area contributed by atoms with E-state index in [4.69, 9.17) is 26.8 Å². The molecule has 0 saturated carbocycles. The summed E-state index contributed by atoms with van der Waals surface area (Å²) in [6.07, 6.45) is 0.978. The first-order valence-corrected chi connectivity index (χ1v) is 8.46. The number of nitrogens with two attached hydrogens (primary N) is 1. The van der Waals surface area contributed by atoms with Gasteiger partial charge in [-0.3, -0.25) is 0 Å². The fourth-order valence-electron chi connectivity index (χ4n) is 3.35. The Balaban J connectivity index is 1.84. The molecule has 1 heterocycles. The summed E-state index contributed by atoms with van der Waals surface area (Å²) in [5, 5.41) is 0.760. The number of halogens is 1. The lowest BCUT2D eigenvalue weighted by Crippen LogP contribution is -2.46. The molecule has 2 aromatic rings. The summed E-state index contributed by atoms with van der Waals surface area (Å²) in [5.74, 6) is 1.85. The van der Waals surface area contributed by atoms with Crippen molar-refractivity contribution in [1.82, 2.24) is 0 Å². The van der Waals surface area contributed by atoms with Gasteiger partial charge >= 0.3 is 0 Å². The van der Waals surface area contributed by atoms with Gasteiger partial charge in [-0.15, -0.1) is 0 Å². The summed E-state index contributed by atoms with van der Waals surface area (Å²) in [7, 11) is 3.30. The summed E-state index contributed by atoms with van der Waals surface area (Å²) >= 11 is 6.00. The van der Waals surface area contributed by atoms with E-state index in [1.165, 1.54) is 5.56 Å². The standard InChI is InChI=1S/C19H23ClN2O2/c1-23-18-8-7-17(10-19(18)24-2)22-11-14(9-16(21)12-22)13-3-5-15(20)6-4-13/h3-8,10,14,16H,9,11-12,21H2,1-2H3. The number of rotatable bonds is 4. The number of hydrogen-bond donors (Lipinski definition) is 1. The summed E-state index contributed by atoms with van der Waals surface area (Å²) in [5.41, 5.74) is 8.70. The molecule has 128 valence electrons. The van der Waals surface area contributed by atoms with Crippen LogP contribution in [0.15, 0.2) is 42.5 Å². The van der Waals surface area contributed by atoms with E-state index in [1.54, 1.807) is 14.2 Å². The third-order valence-corrected chi connectivity index (χ3v) is 4.81. The molecule has 3 rings (SSSR count). The van der Waals surface area contributed by atoms with E-state index in [0.29, 0.717) is 5.92 Å². The van der Waals surface area contributed by atoms with Gasteiger partial charge in [0.05, 0.1) is 14.2 Å². The van der Waals surface area contributed by atoms with E-state index >= 15 is 0 Å². The SMILES string of the molecule is COc1ccc(N2CC(N)CC(c3ccc(Cl)cc3)C2)cc1OC. The fourth-order valence-corrected chi connectivity index (χ4v) is 3.47. The zero-order chi connectivity index (χ0) is 17.1. The number of benzene rings is 2. The van der Waals surface area contributed by atoms with Crippen LogP contribution in [-0.4, -0.2) is 33.4 Å². The van der Waals surface area contributed by atoms with E-state index in [9.17, 15) is 0 Å². The minimum Gasteiger partial charge on any atom is -0.493 e. The monoisotopic (exact) mass is 346 g/mol. The predicted molar refractivity (Wildman–Crippen MR) is 98.5 cm³/mol. The van der Waals surface area contributed by atoms with Crippen molar-refractivity contribution in [1.29, 1.82) is 0 Å². The van der Waals surface area contributed by atoms with Crippen LogP contribution >= 0.6 is 11.6 Å². The van der Waals surface area contributed by atoms with Gasteiger partial charge in [-0.05, 0) is 36.2 Å².